The number of hydrogen-bond donors (Lipinski definition) is 0. The van der Waals surface area contributed by atoms with Crippen molar-refractivity contribution in [2.24, 2.45) is 0 Å². The van der Waals surface area contributed by atoms with Gasteiger partial charge in [-0.15, -0.1) is 0 Å². The molecule has 0 N–H and O–H groups in total. The molecule has 1 aliphatic heterocycles. The van der Waals surface area contributed by atoms with Gasteiger partial charge in [0, 0.05) is 43.9 Å². The first-order chi connectivity index (χ1) is 13.6. The molecule has 1 heterocycles. The lowest BCUT2D eigenvalue weighted by Gasteiger charge is -2.35. The van der Waals surface area contributed by atoms with E-state index in [9.17, 15) is 14.9 Å². The second kappa shape index (κ2) is 9.03. The Labute approximate surface area is 164 Å². The van der Waals surface area contributed by atoms with Gasteiger partial charge in [-0.2, -0.15) is 0 Å². The Kier molecular flexibility index (Phi) is 6.26. The predicted octanol–water partition coefficient (Wildman–Crippen LogP) is 3.36. The van der Waals surface area contributed by atoms with Gasteiger partial charge in [0.1, 0.15) is 11.4 Å². The molecule has 1 amide bonds. The zero-order chi connectivity index (χ0) is 19.9. The van der Waals surface area contributed by atoms with Crippen LogP contribution in [-0.4, -0.2) is 48.5 Å². The third kappa shape index (κ3) is 4.49. The Balaban J connectivity index is 1.63. The van der Waals surface area contributed by atoms with E-state index in [0.717, 1.165) is 11.3 Å². The van der Waals surface area contributed by atoms with E-state index in [1.54, 1.807) is 35.3 Å². The number of carbonyl (C=O) groups is 1. The van der Waals surface area contributed by atoms with Crippen LogP contribution >= 0.6 is 0 Å². The summed E-state index contributed by atoms with van der Waals surface area (Å²) in [6.07, 6.45) is 3.32. The number of piperazine rings is 1. The molecule has 1 saturated heterocycles. The zero-order valence-corrected chi connectivity index (χ0v) is 15.8. The van der Waals surface area contributed by atoms with Crippen molar-refractivity contribution in [3.8, 4) is 5.75 Å². The summed E-state index contributed by atoms with van der Waals surface area (Å²) in [5.41, 5.74) is 1.55. The summed E-state index contributed by atoms with van der Waals surface area (Å²) in [6.45, 7) is 4.62. The molecule has 0 radical (unpaired) electrons. The third-order valence-corrected chi connectivity index (χ3v) is 4.63. The highest BCUT2D eigenvalue weighted by atomic mass is 16.6. The maximum atomic E-state index is 12.5. The van der Waals surface area contributed by atoms with Gasteiger partial charge in [-0.25, -0.2) is 0 Å². The Morgan fingerprint density at radius 3 is 2.50 bits per heavy atom. The van der Waals surface area contributed by atoms with Gasteiger partial charge < -0.3 is 14.5 Å². The van der Waals surface area contributed by atoms with E-state index in [-0.39, 0.29) is 16.5 Å². The Morgan fingerprint density at radius 1 is 1.11 bits per heavy atom. The molecule has 0 spiro atoms. The summed E-state index contributed by atoms with van der Waals surface area (Å²) in [4.78, 5) is 27.1. The number of nitro benzene ring substituents is 1. The van der Waals surface area contributed by atoms with E-state index >= 15 is 0 Å². The lowest BCUT2D eigenvalue weighted by Crippen LogP contribution is -2.48. The summed E-state index contributed by atoms with van der Waals surface area (Å²) in [6, 6.07) is 14.3. The largest absolute Gasteiger partial charge is 0.493 e. The second-order valence-electron chi connectivity index (χ2n) is 6.36. The minimum Gasteiger partial charge on any atom is -0.493 e. The van der Waals surface area contributed by atoms with E-state index in [1.807, 2.05) is 36.1 Å². The number of benzene rings is 2. The molecule has 0 saturated carbocycles. The Hall–Kier alpha value is -3.35. The molecule has 0 bridgehead atoms. The second-order valence-corrected chi connectivity index (χ2v) is 6.36. The molecule has 7 heteroatoms. The molecule has 0 aromatic heterocycles. The smallest absolute Gasteiger partial charge is 0.292 e. The molecule has 2 aromatic rings. The monoisotopic (exact) mass is 381 g/mol. The van der Waals surface area contributed by atoms with Crippen LogP contribution in [0.15, 0.2) is 54.6 Å². The number of anilines is 1. The number of hydrogen-bond acceptors (Lipinski definition) is 5. The number of carbonyl (C=O) groups excluding carboxylic acids is 1. The molecule has 28 heavy (non-hydrogen) atoms. The van der Waals surface area contributed by atoms with Gasteiger partial charge in [-0.3, -0.25) is 14.9 Å². The zero-order valence-electron chi connectivity index (χ0n) is 15.8. The first kappa shape index (κ1) is 19.4. The average Bonchev–Trinajstić information content (AvgIpc) is 2.73. The number of para-hydroxylation sites is 3. The fraction of sp³-hybridized carbons (Fsp3) is 0.286. The van der Waals surface area contributed by atoms with Crippen LogP contribution in [0.4, 0.5) is 11.4 Å². The highest BCUT2D eigenvalue weighted by Crippen LogP contribution is 2.28. The summed E-state index contributed by atoms with van der Waals surface area (Å²) in [5, 5.41) is 11.2. The third-order valence-electron chi connectivity index (χ3n) is 4.63. The van der Waals surface area contributed by atoms with Gasteiger partial charge in [0.15, 0.2) is 0 Å². The molecule has 2 aromatic carbocycles. The van der Waals surface area contributed by atoms with Crippen LogP contribution in [0.25, 0.3) is 6.08 Å². The summed E-state index contributed by atoms with van der Waals surface area (Å²) in [7, 11) is 0. The van der Waals surface area contributed by atoms with E-state index in [2.05, 4.69) is 0 Å². The van der Waals surface area contributed by atoms with E-state index in [1.165, 1.54) is 6.07 Å². The van der Waals surface area contributed by atoms with E-state index < -0.39 is 0 Å². The van der Waals surface area contributed by atoms with Gasteiger partial charge in [0.05, 0.1) is 11.5 Å². The molecule has 1 aliphatic rings. The van der Waals surface area contributed by atoms with Gasteiger partial charge in [0.2, 0.25) is 5.91 Å². The standard InChI is InChI=1S/C21H23N3O4/c1-2-28-20-10-6-3-7-17(20)11-12-21(25)23-15-13-22(14-16-23)18-8-4-5-9-19(18)24(26)27/h3-12H,2,13-16H2,1H3/b12-11-. The highest BCUT2D eigenvalue weighted by molar-refractivity contribution is 5.92. The molecule has 0 aliphatic carbocycles. The van der Waals surface area contributed by atoms with Crippen LogP contribution < -0.4 is 9.64 Å². The van der Waals surface area contributed by atoms with Crippen LogP contribution in [0.5, 0.6) is 5.75 Å². The number of rotatable bonds is 6. The van der Waals surface area contributed by atoms with E-state index in [0.29, 0.717) is 38.5 Å². The Morgan fingerprint density at radius 2 is 1.79 bits per heavy atom. The van der Waals surface area contributed by atoms with Crippen molar-refractivity contribution in [3.63, 3.8) is 0 Å². The topological polar surface area (TPSA) is 75.9 Å². The van der Waals surface area contributed by atoms with Crippen molar-refractivity contribution in [2.45, 2.75) is 6.92 Å². The number of ether oxygens (including phenoxy) is 1. The van der Waals surface area contributed by atoms with Crippen LogP contribution in [0.3, 0.4) is 0 Å². The molecule has 1 fully saturated rings. The predicted molar refractivity (Wildman–Crippen MR) is 109 cm³/mol. The maximum absolute atomic E-state index is 12.5. The van der Waals surface area contributed by atoms with Gasteiger partial charge in [0.25, 0.3) is 5.69 Å². The van der Waals surface area contributed by atoms with Crippen molar-refractivity contribution >= 4 is 23.4 Å². The van der Waals surface area contributed by atoms with Crippen LogP contribution in [0.1, 0.15) is 12.5 Å². The fourth-order valence-corrected chi connectivity index (χ4v) is 3.23. The van der Waals surface area contributed by atoms with Crippen LogP contribution in [-0.2, 0) is 4.79 Å². The summed E-state index contributed by atoms with van der Waals surface area (Å²) >= 11 is 0. The molecule has 3 rings (SSSR count). The summed E-state index contributed by atoms with van der Waals surface area (Å²) < 4.78 is 5.57. The lowest BCUT2D eigenvalue weighted by atomic mass is 10.1. The van der Waals surface area contributed by atoms with E-state index in [4.69, 9.17) is 4.74 Å². The number of nitrogens with zero attached hydrogens (tertiary/aromatic N) is 3. The number of nitro groups is 1. The quantitative estimate of drug-likeness (QED) is 0.436. The lowest BCUT2D eigenvalue weighted by molar-refractivity contribution is -0.384. The van der Waals surface area contributed by atoms with Crippen LogP contribution in [0, 0.1) is 10.1 Å². The molecule has 0 atom stereocenters. The molecule has 146 valence electrons. The SMILES string of the molecule is CCOc1ccccc1/C=C\C(=O)N1CCN(c2ccccc2[N+](=O)[O-])CC1. The molecular weight excluding hydrogens is 358 g/mol. The first-order valence-corrected chi connectivity index (χ1v) is 9.27. The maximum Gasteiger partial charge on any atom is 0.292 e. The van der Waals surface area contributed by atoms with Gasteiger partial charge >= 0.3 is 0 Å². The van der Waals surface area contributed by atoms with Gasteiger partial charge in [-0.05, 0) is 25.1 Å². The molecule has 7 nitrogen and oxygen atoms in total. The van der Waals surface area contributed by atoms with Crippen molar-refractivity contribution in [3.05, 3.63) is 70.3 Å². The molecular formula is C21H23N3O4. The summed E-state index contributed by atoms with van der Waals surface area (Å²) in [5.74, 6) is 0.670. The average molecular weight is 381 g/mol. The number of amides is 1. The van der Waals surface area contributed by atoms with Crippen molar-refractivity contribution in [2.75, 3.05) is 37.7 Å². The van der Waals surface area contributed by atoms with Crippen LogP contribution in [0.2, 0.25) is 0 Å². The minimum absolute atomic E-state index is 0.0755. The molecule has 0 unspecified atom stereocenters. The van der Waals surface area contributed by atoms with Crippen molar-refractivity contribution < 1.29 is 14.5 Å². The van der Waals surface area contributed by atoms with Crippen molar-refractivity contribution in [1.29, 1.82) is 0 Å². The fourth-order valence-electron chi connectivity index (χ4n) is 3.23. The Bertz CT molecular complexity index is 873. The first-order valence-electron chi connectivity index (χ1n) is 9.27. The highest BCUT2D eigenvalue weighted by Gasteiger charge is 2.24. The minimum atomic E-state index is -0.370. The van der Waals surface area contributed by atoms with Crippen molar-refractivity contribution in [1.82, 2.24) is 4.90 Å². The van der Waals surface area contributed by atoms with Gasteiger partial charge in [-0.1, -0.05) is 30.3 Å². The normalized spacial score (nSPS) is 14.3.